The molecule has 2 N–H and O–H groups in total. The van der Waals surface area contributed by atoms with Gasteiger partial charge >= 0.3 is 5.97 Å². The number of fused-ring (bicyclic) bond motifs is 1. The zero-order valence-corrected chi connectivity index (χ0v) is 16.7. The van der Waals surface area contributed by atoms with Crippen molar-refractivity contribution in [1.82, 2.24) is 0 Å². The highest BCUT2D eigenvalue weighted by Crippen LogP contribution is 2.40. The van der Waals surface area contributed by atoms with E-state index < -0.39 is 0 Å². The van der Waals surface area contributed by atoms with Gasteiger partial charge in [-0.1, -0.05) is 20.3 Å². The molecule has 1 aromatic rings. The molecule has 0 aliphatic heterocycles. The normalized spacial score (nSPS) is 17.7. The largest absolute Gasteiger partial charge is 0.462 e. The number of nitrogens with one attached hydrogen (secondary N) is 2. The van der Waals surface area contributed by atoms with Gasteiger partial charge in [-0.3, -0.25) is 4.79 Å². The van der Waals surface area contributed by atoms with Crippen LogP contribution < -0.4 is 10.2 Å². The second-order valence-electron chi connectivity index (χ2n) is 7.06. The van der Waals surface area contributed by atoms with Crippen LogP contribution in [0.3, 0.4) is 0 Å². The van der Waals surface area contributed by atoms with Crippen molar-refractivity contribution in [1.29, 1.82) is 0 Å². The molecule has 1 aromatic heterocycles. The number of hydrogen-bond donors (Lipinski definition) is 2. The fourth-order valence-corrected chi connectivity index (χ4v) is 4.68. The van der Waals surface area contributed by atoms with Crippen molar-refractivity contribution >= 4 is 28.2 Å². The molecule has 25 heavy (non-hydrogen) atoms. The number of ether oxygens (including phenoxy) is 1. The lowest BCUT2D eigenvalue weighted by Crippen LogP contribution is -3.10. The highest BCUT2D eigenvalue weighted by atomic mass is 32.1. The van der Waals surface area contributed by atoms with Crippen LogP contribution in [0.15, 0.2) is 0 Å². The lowest BCUT2D eigenvalue weighted by Gasteiger charge is -2.18. The van der Waals surface area contributed by atoms with Crippen LogP contribution in [-0.4, -0.2) is 38.6 Å². The average molecular weight is 368 g/mol. The molecule has 1 aliphatic carbocycles. The van der Waals surface area contributed by atoms with E-state index in [1.54, 1.807) is 11.3 Å². The third kappa shape index (κ3) is 5.28. The Hall–Kier alpha value is -1.40. The maximum absolute atomic E-state index is 12.5. The number of rotatable bonds is 8. The Kier molecular flexibility index (Phi) is 7.44. The number of quaternary nitrogens is 1. The quantitative estimate of drug-likeness (QED) is 0.693. The van der Waals surface area contributed by atoms with Crippen LogP contribution in [0.2, 0.25) is 0 Å². The van der Waals surface area contributed by atoms with E-state index >= 15 is 0 Å². The predicted molar refractivity (Wildman–Crippen MR) is 102 cm³/mol. The van der Waals surface area contributed by atoms with E-state index in [1.165, 1.54) is 9.78 Å². The first kappa shape index (κ1) is 19.9. The summed E-state index contributed by atoms with van der Waals surface area (Å²) in [6.45, 7) is 7.93. The van der Waals surface area contributed by atoms with E-state index in [-0.39, 0.29) is 11.9 Å². The van der Waals surface area contributed by atoms with Crippen molar-refractivity contribution in [2.45, 2.75) is 52.9 Å². The average Bonchev–Trinajstić information content (AvgIpc) is 2.89. The minimum absolute atomic E-state index is 0.0363. The first-order valence-corrected chi connectivity index (χ1v) is 10.2. The molecule has 0 bridgehead atoms. The third-order valence-corrected chi connectivity index (χ3v) is 5.83. The molecular weight excluding hydrogens is 336 g/mol. The number of carbonyl (C=O) groups is 2. The van der Waals surface area contributed by atoms with Gasteiger partial charge in [-0.2, -0.15) is 0 Å². The molecule has 0 fully saturated rings. The van der Waals surface area contributed by atoms with Crippen LogP contribution in [0.4, 0.5) is 5.00 Å². The molecule has 1 heterocycles. The summed E-state index contributed by atoms with van der Waals surface area (Å²) in [5.74, 6) is 0.275. The molecule has 1 aliphatic rings. The molecule has 5 nitrogen and oxygen atoms in total. The number of anilines is 1. The Morgan fingerprint density at radius 2 is 2.12 bits per heavy atom. The van der Waals surface area contributed by atoms with E-state index in [9.17, 15) is 9.59 Å². The van der Waals surface area contributed by atoms with E-state index in [4.69, 9.17) is 4.74 Å². The fourth-order valence-electron chi connectivity index (χ4n) is 3.27. The SMILES string of the molecule is CCCC[NH+](C)CC(=O)Nc1sc2c(c1C(=O)OCC)CC[C@H](C)C2. The Bertz CT molecular complexity index is 612. The van der Waals surface area contributed by atoms with Crippen molar-refractivity contribution < 1.29 is 19.2 Å². The topological polar surface area (TPSA) is 59.8 Å². The smallest absolute Gasteiger partial charge is 0.341 e. The summed E-state index contributed by atoms with van der Waals surface area (Å²) < 4.78 is 5.25. The molecule has 140 valence electrons. The second-order valence-corrected chi connectivity index (χ2v) is 8.17. The van der Waals surface area contributed by atoms with Gasteiger partial charge in [-0.25, -0.2) is 4.79 Å². The standard InChI is InChI=1S/C19H30N2O3S/c1-5-7-10-21(4)12-16(22)20-18-17(19(23)24-6-2)14-9-8-13(3)11-15(14)25-18/h13H,5-12H2,1-4H3,(H,20,22)/p+1/t13-/m0/s1. The first-order valence-electron chi connectivity index (χ1n) is 9.39. The molecule has 0 radical (unpaired) electrons. The summed E-state index contributed by atoms with van der Waals surface area (Å²) in [6, 6.07) is 0. The maximum atomic E-state index is 12.5. The minimum atomic E-state index is -0.309. The number of likely N-dealkylation sites (N-methyl/N-ethyl adjacent to an activating group) is 1. The summed E-state index contributed by atoms with van der Waals surface area (Å²) in [4.78, 5) is 27.3. The number of hydrogen-bond acceptors (Lipinski definition) is 4. The fraction of sp³-hybridized carbons (Fsp3) is 0.684. The van der Waals surface area contributed by atoms with Crippen molar-refractivity contribution in [2.75, 3.05) is 32.1 Å². The molecule has 0 saturated heterocycles. The van der Waals surface area contributed by atoms with Gasteiger partial charge in [0.05, 0.1) is 25.8 Å². The number of amides is 1. The summed E-state index contributed by atoms with van der Waals surface area (Å²) in [7, 11) is 2.03. The number of unbranched alkanes of at least 4 members (excludes halogenated alkanes) is 1. The van der Waals surface area contributed by atoms with Gasteiger partial charge in [0.15, 0.2) is 6.54 Å². The number of carbonyl (C=O) groups excluding carboxylic acids is 2. The van der Waals surface area contributed by atoms with Gasteiger partial charge in [0.1, 0.15) is 5.00 Å². The Morgan fingerprint density at radius 1 is 1.36 bits per heavy atom. The van der Waals surface area contributed by atoms with Crippen LogP contribution in [0, 0.1) is 5.92 Å². The van der Waals surface area contributed by atoms with Crippen molar-refractivity contribution in [3.63, 3.8) is 0 Å². The number of thiophene rings is 1. The summed E-state index contributed by atoms with van der Waals surface area (Å²) >= 11 is 1.55. The third-order valence-electron chi connectivity index (χ3n) is 4.66. The molecule has 0 spiro atoms. The highest BCUT2D eigenvalue weighted by Gasteiger charge is 2.29. The van der Waals surface area contributed by atoms with Gasteiger partial charge in [0.25, 0.3) is 5.91 Å². The van der Waals surface area contributed by atoms with E-state index in [0.29, 0.717) is 29.6 Å². The minimum Gasteiger partial charge on any atom is -0.462 e. The Labute approximate surface area is 154 Å². The van der Waals surface area contributed by atoms with Crippen LogP contribution in [0.1, 0.15) is 60.8 Å². The highest BCUT2D eigenvalue weighted by molar-refractivity contribution is 7.17. The van der Waals surface area contributed by atoms with E-state index in [1.807, 2.05) is 14.0 Å². The predicted octanol–water partition coefficient (Wildman–Crippen LogP) is 2.30. The van der Waals surface area contributed by atoms with Crippen LogP contribution >= 0.6 is 11.3 Å². The number of esters is 1. The summed E-state index contributed by atoms with van der Waals surface area (Å²) in [5, 5.41) is 3.66. The van der Waals surface area contributed by atoms with Gasteiger partial charge in [0.2, 0.25) is 0 Å². The molecule has 0 aromatic carbocycles. The Balaban J connectivity index is 2.16. The van der Waals surface area contributed by atoms with Crippen molar-refractivity contribution in [3.05, 3.63) is 16.0 Å². The Morgan fingerprint density at radius 3 is 2.80 bits per heavy atom. The lowest BCUT2D eigenvalue weighted by atomic mass is 9.88. The van der Waals surface area contributed by atoms with Crippen LogP contribution in [0.5, 0.6) is 0 Å². The van der Waals surface area contributed by atoms with Crippen LogP contribution in [0.25, 0.3) is 0 Å². The summed E-state index contributed by atoms with van der Waals surface area (Å²) in [6.07, 6.45) is 5.18. The van der Waals surface area contributed by atoms with Crippen LogP contribution in [-0.2, 0) is 22.4 Å². The zero-order chi connectivity index (χ0) is 18.4. The van der Waals surface area contributed by atoms with Crippen molar-refractivity contribution in [3.8, 4) is 0 Å². The molecule has 2 rings (SSSR count). The van der Waals surface area contributed by atoms with E-state index in [0.717, 1.165) is 44.2 Å². The van der Waals surface area contributed by atoms with Crippen molar-refractivity contribution in [2.24, 2.45) is 5.92 Å². The molecular formula is C19H31N2O3S+. The summed E-state index contributed by atoms with van der Waals surface area (Å²) in [5.41, 5.74) is 1.68. The molecule has 1 amide bonds. The van der Waals surface area contributed by atoms with Gasteiger partial charge in [-0.15, -0.1) is 11.3 Å². The zero-order valence-electron chi connectivity index (χ0n) is 15.9. The lowest BCUT2D eigenvalue weighted by molar-refractivity contribution is -0.871. The van der Waals surface area contributed by atoms with E-state index in [2.05, 4.69) is 19.2 Å². The molecule has 1 unspecified atom stereocenters. The van der Waals surface area contributed by atoms with Gasteiger partial charge in [0, 0.05) is 4.88 Å². The molecule has 0 saturated carbocycles. The second kappa shape index (κ2) is 9.34. The van der Waals surface area contributed by atoms with Gasteiger partial charge < -0.3 is 15.0 Å². The molecule has 2 atom stereocenters. The maximum Gasteiger partial charge on any atom is 0.341 e. The molecule has 6 heteroatoms. The van der Waals surface area contributed by atoms with Gasteiger partial charge in [-0.05, 0) is 44.1 Å². The first-order chi connectivity index (χ1) is 12.0. The monoisotopic (exact) mass is 367 g/mol.